The summed E-state index contributed by atoms with van der Waals surface area (Å²) in [6, 6.07) is 0. The molecule has 0 saturated carbocycles. The summed E-state index contributed by atoms with van der Waals surface area (Å²) in [5, 5.41) is 5.05. The zero-order valence-corrected chi connectivity index (χ0v) is 9.29. The van der Waals surface area contributed by atoms with E-state index >= 15 is 0 Å². The fourth-order valence-electron chi connectivity index (χ4n) is 1.85. The average molecular weight is 187 g/mol. The number of thioether (sulfide) groups is 1. The van der Waals surface area contributed by atoms with Gasteiger partial charge in [0.05, 0.1) is 0 Å². The maximum atomic E-state index is 3.41. The highest BCUT2D eigenvalue weighted by atomic mass is 32.2. The van der Waals surface area contributed by atoms with Crippen LogP contribution in [0.1, 0.15) is 33.6 Å². The zero-order chi connectivity index (χ0) is 8.97. The first-order chi connectivity index (χ1) is 5.70. The van der Waals surface area contributed by atoms with Crippen molar-refractivity contribution in [3.63, 3.8) is 0 Å². The summed E-state index contributed by atoms with van der Waals surface area (Å²) >= 11 is 2.13. The molecule has 0 aromatic carbocycles. The highest BCUT2D eigenvalue weighted by molar-refractivity contribution is 8.00. The third-order valence-electron chi connectivity index (χ3n) is 2.53. The van der Waals surface area contributed by atoms with Crippen LogP contribution in [0.3, 0.4) is 0 Å². The van der Waals surface area contributed by atoms with Crippen LogP contribution in [0.25, 0.3) is 0 Å². The SMILES string of the molecule is CC(C)SC(C)C1CCNCC1. The first-order valence-corrected chi connectivity index (χ1v) is 6.00. The summed E-state index contributed by atoms with van der Waals surface area (Å²) in [6.07, 6.45) is 2.75. The highest BCUT2D eigenvalue weighted by Gasteiger charge is 2.20. The second kappa shape index (κ2) is 5.13. The van der Waals surface area contributed by atoms with Gasteiger partial charge in [-0.05, 0) is 37.1 Å². The minimum atomic E-state index is 0.787. The molecule has 12 heavy (non-hydrogen) atoms. The molecule has 1 rings (SSSR count). The Bertz CT molecular complexity index is 119. The number of hydrogen-bond donors (Lipinski definition) is 1. The lowest BCUT2D eigenvalue weighted by Crippen LogP contribution is -2.32. The Morgan fingerprint density at radius 1 is 1.17 bits per heavy atom. The van der Waals surface area contributed by atoms with Gasteiger partial charge >= 0.3 is 0 Å². The number of piperidine rings is 1. The molecule has 1 aliphatic heterocycles. The molecule has 1 saturated heterocycles. The van der Waals surface area contributed by atoms with E-state index in [1.165, 1.54) is 25.9 Å². The van der Waals surface area contributed by atoms with Crippen LogP contribution >= 0.6 is 11.8 Å². The van der Waals surface area contributed by atoms with Crippen LogP contribution in [0.4, 0.5) is 0 Å². The second-order valence-corrected chi connectivity index (χ2v) is 5.94. The van der Waals surface area contributed by atoms with Crippen LogP contribution in [0, 0.1) is 5.92 Å². The number of nitrogens with one attached hydrogen (secondary N) is 1. The molecule has 2 heteroatoms. The van der Waals surface area contributed by atoms with Crippen LogP contribution in [0.5, 0.6) is 0 Å². The van der Waals surface area contributed by atoms with Crippen molar-refractivity contribution >= 4 is 11.8 Å². The zero-order valence-electron chi connectivity index (χ0n) is 8.47. The molecule has 0 bridgehead atoms. The Balaban J connectivity index is 2.24. The van der Waals surface area contributed by atoms with Gasteiger partial charge in [-0.3, -0.25) is 0 Å². The van der Waals surface area contributed by atoms with Crippen LogP contribution in [0.15, 0.2) is 0 Å². The van der Waals surface area contributed by atoms with E-state index in [9.17, 15) is 0 Å². The predicted molar refractivity (Wildman–Crippen MR) is 57.8 cm³/mol. The quantitative estimate of drug-likeness (QED) is 0.728. The van der Waals surface area contributed by atoms with E-state index in [0.717, 1.165) is 16.4 Å². The van der Waals surface area contributed by atoms with Gasteiger partial charge in [0.2, 0.25) is 0 Å². The molecule has 1 unspecified atom stereocenters. The molecule has 0 aromatic heterocycles. The van der Waals surface area contributed by atoms with Crippen molar-refractivity contribution in [2.75, 3.05) is 13.1 Å². The first-order valence-electron chi connectivity index (χ1n) is 5.06. The summed E-state index contributed by atoms with van der Waals surface area (Å²) in [5.74, 6) is 0.957. The maximum Gasteiger partial charge on any atom is 0.00505 e. The van der Waals surface area contributed by atoms with E-state index in [1.807, 2.05) is 0 Å². The van der Waals surface area contributed by atoms with Gasteiger partial charge in [0.15, 0.2) is 0 Å². The molecule has 1 heterocycles. The molecule has 72 valence electrons. The molecule has 1 fully saturated rings. The summed E-state index contributed by atoms with van der Waals surface area (Å²) in [6.45, 7) is 9.44. The van der Waals surface area contributed by atoms with E-state index in [1.54, 1.807) is 0 Å². The summed E-state index contributed by atoms with van der Waals surface area (Å²) in [4.78, 5) is 0. The molecule has 1 aliphatic rings. The van der Waals surface area contributed by atoms with Gasteiger partial charge < -0.3 is 5.32 Å². The van der Waals surface area contributed by atoms with E-state index < -0.39 is 0 Å². The average Bonchev–Trinajstić information content (AvgIpc) is 2.05. The van der Waals surface area contributed by atoms with E-state index in [0.29, 0.717) is 0 Å². The minimum absolute atomic E-state index is 0.787. The lowest BCUT2D eigenvalue weighted by molar-refractivity contribution is 0.372. The van der Waals surface area contributed by atoms with Crippen LogP contribution in [-0.4, -0.2) is 23.6 Å². The summed E-state index contributed by atoms with van der Waals surface area (Å²) in [5.41, 5.74) is 0. The largest absolute Gasteiger partial charge is 0.317 e. The Morgan fingerprint density at radius 2 is 1.75 bits per heavy atom. The van der Waals surface area contributed by atoms with Crippen LogP contribution in [0.2, 0.25) is 0 Å². The molecular formula is C10H21NS. The van der Waals surface area contributed by atoms with Gasteiger partial charge in [0.25, 0.3) is 0 Å². The normalized spacial score (nSPS) is 23.0. The molecule has 0 aromatic rings. The maximum absolute atomic E-state index is 3.41. The minimum Gasteiger partial charge on any atom is -0.317 e. The smallest absolute Gasteiger partial charge is 0.00505 e. The van der Waals surface area contributed by atoms with Crippen molar-refractivity contribution < 1.29 is 0 Å². The lowest BCUT2D eigenvalue weighted by atomic mass is 9.95. The Kier molecular flexibility index (Phi) is 4.44. The van der Waals surface area contributed by atoms with Crippen molar-refractivity contribution in [1.29, 1.82) is 0 Å². The molecule has 1 nitrogen and oxygen atoms in total. The second-order valence-electron chi connectivity index (χ2n) is 3.98. The standard InChI is InChI=1S/C10H21NS/c1-8(2)12-9(3)10-4-6-11-7-5-10/h8-11H,4-7H2,1-3H3. The summed E-state index contributed by atoms with van der Waals surface area (Å²) in [7, 11) is 0. The third kappa shape index (κ3) is 3.36. The van der Waals surface area contributed by atoms with Gasteiger partial charge in [-0.15, -0.1) is 0 Å². The molecule has 0 radical (unpaired) electrons. The molecular weight excluding hydrogens is 166 g/mol. The fourth-order valence-corrected chi connectivity index (χ4v) is 3.21. The molecule has 0 aliphatic carbocycles. The first kappa shape index (κ1) is 10.4. The van der Waals surface area contributed by atoms with Crippen molar-refractivity contribution in [1.82, 2.24) is 5.32 Å². The van der Waals surface area contributed by atoms with E-state index in [2.05, 4.69) is 37.8 Å². The Labute approximate surface area is 80.7 Å². The number of rotatable bonds is 3. The monoisotopic (exact) mass is 187 g/mol. The van der Waals surface area contributed by atoms with E-state index in [4.69, 9.17) is 0 Å². The fraction of sp³-hybridized carbons (Fsp3) is 1.00. The predicted octanol–water partition coefficient (Wildman–Crippen LogP) is 2.52. The molecule has 1 N–H and O–H groups in total. The number of hydrogen-bond acceptors (Lipinski definition) is 2. The van der Waals surface area contributed by atoms with Crippen molar-refractivity contribution in [3.8, 4) is 0 Å². The Morgan fingerprint density at radius 3 is 2.25 bits per heavy atom. The van der Waals surface area contributed by atoms with Gasteiger partial charge in [-0.1, -0.05) is 20.8 Å². The lowest BCUT2D eigenvalue weighted by Gasteiger charge is -2.28. The summed E-state index contributed by atoms with van der Waals surface area (Å²) < 4.78 is 0. The molecule has 1 atom stereocenters. The van der Waals surface area contributed by atoms with Gasteiger partial charge in [0.1, 0.15) is 0 Å². The van der Waals surface area contributed by atoms with Crippen LogP contribution in [-0.2, 0) is 0 Å². The Hall–Kier alpha value is 0.310. The van der Waals surface area contributed by atoms with Crippen molar-refractivity contribution in [2.24, 2.45) is 5.92 Å². The molecule has 0 amide bonds. The van der Waals surface area contributed by atoms with E-state index in [-0.39, 0.29) is 0 Å². The van der Waals surface area contributed by atoms with Crippen molar-refractivity contribution in [3.05, 3.63) is 0 Å². The van der Waals surface area contributed by atoms with Crippen LogP contribution < -0.4 is 5.32 Å². The van der Waals surface area contributed by atoms with Gasteiger partial charge in [-0.25, -0.2) is 0 Å². The van der Waals surface area contributed by atoms with Crippen molar-refractivity contribution in [2.45, 2.75) is 44.1 Å². The highest BCUT2D eigenvalue weighted by Crippen LogP contribution is 2.28. The topological polar surface area (TPSA) is 12.0 Å². The van der Waals surface area contributed by atoms with Gasteiger partial charge in [-0.2, -0.15) is 11.8 Å². The van der Waals surface area contributed by atoms with Gasteiger partial charge in [0, 0.05) is 5.25 Å². The molecule has 0 spiro atoms. The third-order valence-corrected chi connectivity index (χ3v) is 3.89.